The first-order chi connectivity index (χ1) is 9.43. The van der Waals surface area contributed by atoms with Crippen molar-refractivity contribution in [2.45, 2.75) is 13.8 Å². The number of nitro groups is 1. The molecule has 0 fully saturated rings. The highest BCUT2D eigenvalue weighted by Crippen LogP contribution is 2.35. The van der Waals surface area contributed by atoms with E-state index in [0.29, 0.717) is 11.1 Å². The van der Waals surface area contributed by atoms with Crippen LogP contribution in [0.2, 0.25) is 0 Å². The van der Waals surface area contributed by atoms with Crippen molar-refractivity contribution in [1.82, 2.24) is 15.4 Å². The van der Waals surface area contributed by atoms with Crippen molar-refractivity contribution in [3.8, 4) is 0 Å². The molecule has 2 aromatic rings. The second-order valence-corrected chi connectivity index (χ2v) is 4.54. The molecule has 0 bridgehead atoms. The number of aryl methyl sites for hydroxylation is 1. The molecule has 1 heterocycles. The van der Waals surface area contributed by atoms with Gasteiger partial charge in [-0.25, -0.2) is 0 Å². The summed E-state index contributed by atoms with van der Waals surface area (Å²) >= 11 is 0. The number of aromatic amines is 1. The quantitative estimate of drug-likeness (QED) is 0.523. The van der Waals surface area contributed by atoms with Crippen LogP contribution in [0.4, 0.5) is 5.69 Å². The number of nitro benzene ring substituents is 1. The van der Waals surface area contributed by atoms with Crippen LogP contribution < -0.4 is 0 Å². The van der Waals surface area contributed by atoms with Crippen LogP contribution in [0.25, 0.3) is 0 Å². The largest absolute Gasteiger partial charge is 0.287 e. The average molecular weight is 272 g/mol. The molecule has 20 heavy (non-hydrogen) atoms. The molecule has 100 valence electrons. The van der Waals surface area contributed by atoms with Crippen LogP contribution in [0, 0.1) is 24.0 Å². The fourth-order valence-corrected chi connectivity index (χ4v) is 2.33. The summed E-state index contributed by atoms with van der Waals surface area (Å²) < 4.78 is 0. The van der Waals surface area contributed by atoms with Crippen LogP contribution in [-0.4, -0.2) is 31.9 Å². The highest BCUT2D eigenvalue weighted by Gasteiger charge is 2.39. The van der Waals surface area contributed by atoms with Crippen molar-refractivity contribution in [1.29, 1.82) is 0 Å². The summed E-state index contributed by atoms with van der Waals surface area (Å²) in [6.07, 6.45) is 0. The fraction of sp³-hybridized carbons (Fsp3) is 0.167. The first-order valence-corrected chi connectivity index (χ1v) is 5.72. The molecular formula is C12H8N4O4. The molecule has 0 aliphatic heterocycles. The van der Waals surface area contributed by atoms with Crippen molar-refractivity contribution >= 4 is 17.3 Å². The van der Waals surface area contributed by atoms with E-state index in [9.17, 15) is 19.7 Å². The maximum Gasteiger partial charge on any atom is 0.284 e. The molecule has 0 saturated heterocycles. The van der Waals surface area contributed by atoms with Gasteiger partial charge in [-0.15, -0.1) is 5.10 Å². The molecule has 0 spiro atoms. The van der Waals surface area contributed by atoms with E-state index in [2.05, 4.69) is 15.4 Å². The molecule has 8 heteroatoms. The fourth-order valence-electron chi connectivity index (χ4n) is 2.33. The van der Waals surface area contributed by atoms with Crippen molar-refractivity contribution in [2.75, 3.05) is 0 Å². The van der Waals surface area contributed by atoms with Crippen LogP contribution in [0.1, 0.15) is 43.2 Å². The van der Waals surface area contributed by atoms with Gasteiger partial charge in [0.2, 0.25) is 11.6 Å². The lowest BCUT2D eigenvalue weighted by Crippen LogP contribution is -2.23. The first kappa shape index (κ1) is 12.2. The molecule has 1 aromatic carbocycles. The van der Waals surface area contributed by atoms with Gasteiger partial charge in [0, 0.05) is 11.1 Å². The topological polar surface area (TPSA) is 119 Å². The lowest BCUT2D eigenvalue weighted by atomic mass is 9.85. The number of carbonyl (C=O) groups excluding carboxylic acids is 2. The predicted octanol–water partition coefficient (Wildman–Crippen LogP) is 1.11. The van der Waals surface area contributed by atoms with E-state index >= 15 is 0 Å². The number of nitrogens with one attached hydrogen (secondary N) is 1. The zero-order valence-corrected chi connectivity index (χ0v) is 10.6. The van der Waals surface area contributed by atoms with E-state index in [1.807, 2.05) is 0 Å². The monoisotopic (exact) mass is 272 g/mol. The summed E-state index contributed by atoms with van der Waals surface area (Å²) in [4.78, 5) is 35.2. The minimum atomic E-state index is -0.654. The third-order valence-electron chi connectivity index (χ3n) is 3.46. The Morgan fingerprint density at radius 2 is 1.95 bits per heavy atom. The second kappa shape index (κ2) is 3.80. The van der Waals surface area contributed by atoms with Crippen molar-refractivity contribution < 1.29 is 14.5 Å². The van der Waals surface area contributed by atoms with E-state index < -0.39 is 16.5 Å². The van der Waals surface area contributed by atoms with E-state index in [1.54, 1.807) is 13.8 Å². The Bertz CT molecular complexity index is 806. The second-order valence-electron chi connectivity index (χ2n) is 4.54. The zero-order chi connectivity index (χ0) is 14.6. The molecule has 8 nitrogen and oxygen atoms in total. The van der Waals surface area contributed by atoms with Crippen molar-refractivity contribution in [3.05, 3.63) is 49.8 Å². The third-order valence-corrected chi connectivity index (χ3v) is 3.46. The van der Waals surface area contributed by atoms with Gasteiger partial charge in [-0.3, -0.25) is 24.8 Å². The van der Waals surface area contributed by atoms with Gasteiger partial charge in [0.15, 0.2) is 5.69 Å². The minimum absolute atomic E-state index is 0.0170. The Balaban J connectivity index is 2.44. The average Bonchev–Trinajstić information content (AvgIpc) is 2.87. The number of hydrogen-bond acceptors (Lipinski definition) is 6. The maximum atomic E-state index is 12.3. The molecule has 1 aliphatic carbocycles. The summed E-state index contributed by atoms with van der Waals surface area (Å²) in [5, 5.41) is 20.6. The van der Waals surface area contributed by atoms with Gasteiger partial charge in [0.05, 0.1) is 4.92 Å². The van der Waals surface area contributed by atoms with E-state index in [0.717, 1.165) is 0 Å². The molecule has 1 aliphatic rings. The lowest BCUT2D eigenvalue weighted by molar-refractivity contribution is -0.385. The molecule has 0 atom stereocenters. The van der Waals surface area contributed by atoms with Gasteiger partial charge in [0.25, 0.3) is 5.69 Å². The summed E-state index contributed by atoms with van der Waals surface area (Å²) in [6.45, 7) is 3.20. The van der Waals surface area contributed by atoms with E-state index in [1.165, 1.54) is 6.07 Å². The Labute approximate surface area is 112 Å². The summed E-state index contributed by atoms with van der Waals surface area (Å²) in [5.74, 6) is -1.16. The number of hydrogen-bond donors (Lipinski definition) is 1. The first-order valence-electron chi connectivity index (χ1n) is 5.72. The Hall–Kier alpha value is -2.90. The van der Waals surface area contributed by atoms with Gasteiger partial charge in [-0.05, 0) is 25.5 Å². The zero-order valence-electron chi connectivity index (χ0n) is 10.6. The SMILES string of the molecule is Cc1cc2c(c([N+](=O)[O-])c1C)C(=O)c1nn[nH]c1C2=O. The highest BCUT2D eigenvalue weighted by molar-refractivity contribution is 6.28. The van der Waals surface area contributed by atoms with Crippen molar-refractivity contribution in [2.24, 2.45) is 0 Å². The van der Waals surface area contributed by atoms with Gasteiger partial charge in [0.1, 0.15) is 11.3 Å². The normalized spacial score (nSPS) is 13.1. The summed E-state index contributed by atoms with van der Waals surface area (Å²) in [7, 11) is 0. The Kier molecular flexibility index (Phi) is 2.31. The lowest BCUT2D eigenvalue weighted by Gasteiger charge is -2.15. The number of ketones is 2. The molecule has 0 amide bonds. The third kappa shape index (κ3) is 1.35. The maximum absolute atomic E-state index is 12.3. The van der Waals surface area contributed by atoms with Crippen LogP contribution in [0.3, 0.4) is 0 Å². The molecular weight excluding hydrogens is 264 g/mol. The molecule has 3 rings (SSSR count). The highest BCUT2D eigenvalue weighted by atomic mass is 16.6. The molecule has 1 N–H and O–H groups in total. The van der Waals surface area contributed by atoms with Crippen LogP contribution in [0.5, 0.6) is 0 Å². The molecule has 1 aromatic heterocycles. The van der Waals surface area contributed by atoms with E-state index in [4.69, 9.17) is 0 Å². The van der Waals surface area contributed by atoms with E-state index in [-0.39, 0.29) is 28.2 Å². The Morgan fingerprint density at radius 1 is 1.25 bits per heavy atom. The Morgan fingerprint density at radius 3 is 2.60 bits per heavy atom. The smallest absolute Gasteiger partial charge is 0.284 e. The van der Waals surface area contributed by atoms with Gasteiger partial charge in [-0.1, -0.05) is 5.21 Å². The molecule has 0 unspecified atom stereocenters. The number of H-pyrrole nitrogens is 1. The number of carbonyl (C=O) groups is 2. The van der Waals surface area contributed by atoms with Crippen LogP contribution >= 0.6 is 0 Å². The number of nitrogens with zero attached hydrogens (tertiary/aromatic N) is 3. The number of aromatic nitrogens is 3. The van der Waals surface area contributed by atoms with Crippen LogP contribution in [-0.2, 0) is 0 Å². The molecule has 0 saturated carbocycles. The number of rotatable bonds is 1. The minimum Gasteiger partial charge on any atom is -0.287 e. The predicted molar refractivity (Wildman–Crippen MR) is 65.8 cm³/mol. The van der Waals surface area contributed by atoms with Gasteiger partial charge < -0.3 is 0 Å². The van der Waals surface area contributed by atoms with Gasteiger partial charge >= 0.3 is 0 Å². The summed E-state index contributed by atoms with van der Waals surface area (Å²) in [5.41, 5.74) is 0.211. The summed E-state index contributed by atoms with van der Waals surface area (Å²) in [6, 6.07) is 1.49. The van der Waals surface area contributed by atoms with Gasteiger partial charge in [-0.2, -0.15) is 0 Å². The molecule has 0 radical (unpaired) electrons. The van der Waals surface area contributed by atoms with Crippen LogP contribution in [0.15, 0.2) is 6.07 Å². The standard InChI is InChI=1S/C12H8N4O4/c1-4-3-6-7(10(5(4)2)16(19)20)12(18)9-8(11(6)17)13-15-14-9/h3H,1-2H3,(H,13,14,15). The van der Waals surface area contributed by atoms with Crippen molar-refractivity contribution in [3.63, 3.8) is 0 Å². The number of benzene rings is 1. The number of fused-ring (bicyclic) bond motifs is 2.